The first-order chi connectivity index (χ1) is 26.8. The third-order valence-electron chi connectivity index (χ3n) is 16.5. The number of carbonyl (C=O) groups excluding carboxylic acids is 4. The SMILES string of the molecule is CC[C@H](C)C(=O)O[C@@H]1[C@H](O)[C@@H]2[C@H](CN3C[C@H](C)CC[C@@H]3[C@]2(C)O)[C@@H]2C[C@@]34OC[C@@]5(O)[C@H](OC(=O)[C@](C)(O)[C@H](C)O)CC[C@@]3(C)[C@H]5[C@H](OC(C)=O)[C@H](OC(C)=O)[C@H]4[C@@]12O. The summed E-state index contributed by atoms with van der Waals surface area (Å²) in [5.41, 5.74) is -10.9. The summed E-state index contributed by atoms with van der Waals surface area (Å²) in [6, 6.07) is -0.309. The molecule has 3 saturated heterocycles. The molecule has 0 aromatic carbocycles. The fraction of sp³-hybridized carbons (Fsp3) is 0.905. The van der Waals surface area contributed by atoms with E-state index in [1.165, 1.54) is 6.92 Å². The predicted molar refractivity (Wildman–Crippen MR) is 201 cm³/mol. The maximum atomic E-state index is 13.9. The molecular formula is C42H65NO15. The Bertz CT molecular complexity index is 1670. The van der Waals surface area contributed by atoms with E-state index in [0.717, 1.165) is 27.2 Å². The quantitative estimate of drug-likeness (QED) is 0.145. The second-order valence-electron chi connectivity index (χ2n) is 19.9. The number of hydrogen-bond donors (Lipinski definition) is 6. The first-order valence-electron chi connectivity index (χ1n) is 21.2. The van der Waals surface area contributed by atoms with Gasteiger partial charge in [0.25, 0.3) is 0 Å². The average Bonchev–Trinajstić information content (AvgIpc) is 3.40. The molecule has 0 aromatic rings. The summed E-state index contributed by atoms with van der Waals surface area (Å²) >= 11 is 0. The second-order valence-corrected chi connectivity index (χ2v) is 19.9. The molecule has 4 aliphatic carbocycles. The van der Waals surface area contributed by atoms with Crippen molar-refractivity contribution in [1.82, 2.24) is 4.90 Å². The molecule has 58 heavy (non-hydrogen) atoms. The standard InChI is InChI=1S/C42H65NO15/c1-10-20(3)35(48)58-34-29(47)28-24(17-43-16-19(2)11-12-26(43)39(28,9)51)25-15-41-33(42(25,34)53)31(56-23(6)46)30(55-22(5)45)32-37(41,7)14-13-27(40(32,52)18-54-41)57-36(49)38(8,50)21(4)44/h19-21,24-34,44,47,50-53H,10-18H2,1-9H3/t19-,20+,21+,24-,25+,26-,27-,28+,29-,30-,31+,32-,33-,34-,37+,38-,39+,40-,41+,42-/m1/s1. The van der Waals surface area contributed by atoms with Crippen LogP contribution < -0.4 is 0 Å². The number of rotatable bonds is 8. The minimum absolute atomic E-state index is 0.0280. The zero-order chi connectivity index (χ0) is 42.9. The lowest BCUT2D eigenvalue weighted by Gasteiger charge is -2.71. The molecule has 3 heterocycles. The summed E-state index contributed by atoms with van der Waals surface area (Å²) in [4.78, 5) is 55.8. The van der Waals surface area contributed by atoms with Gasteiger partial charge in [0, 0.05) is 50.2 Å². The summed E-state index contributed by atoms with van der Waals surface area (Å²) in [6.07, 6.45) is -6.93. The van der Waals surface area contributed by atoms with Gasteiger partial charge in [-0.3, -0.25) is 19.3 Å². The molecule has 7 aliphatic rings. The lowest BCUT2D eigenvalue weighted by Crippen LogP contribution is -2.84. The number of aliphatic hydroxyl groups is 6. The van der Waals surface area contributed by atoms with Crippen LogP contribution in [0.15, 0.2) is 0 Å². The van der Waals surface area contributed by atoms with E-state index < -0.39 is 136 Å². The van der Waals surface area contributed by atoms with Crippen LogP contribution in [0.4, 0.5) is 0 Å². The molecule has 0 radical (unpaired) electrons. The highest BCUT2D eigenvalue weighted by Gasteiger charge is 2.87. The van der Waals surface area contributed by atoms with Crippen molar-refractivity contribution in [1.29, 1.82) is 0 Å². The summed E-state index contributed by atoms with van der Waals surface area (Å²) in [7, 11) is 0. The molecule has 4 bridgehead atoms. The van der Waals surface area contributed by atoms with Crippen LogP contribution in [0.5, 0.6) is 0 Å². The average molecular weight is 824 g/mol. The van der Waals surface area contributed by atoms with Crippen molar-refractivity contribution in [3.05, 3.63) is 0 Å². The fourth-order valence-electron chi connectivity index (χ4n) is 13.4. The summed E-state index contributed by atoms with van der Waals surface area (Å²) < 4.78 is 31.2. The van der Waals surface area contributed by atoms with Gasteiger partial charge in [0.1, 0.15) is 29.5 Å². The Hall–Kier alpha value is -2.44. The van der Waals surface area contributed by atoms with Crippen LogP contribution in [0.1, 0.15) is 101 Å². The molecule has 0 unspecified atom stereocenters. The summed E-state index contributed by atoms with van der Waals surface area (Å²) in [6.45, 7) is 14.4. The number of fused-ring (bicyclic) bond motifs is 5. The van der Waals surface area contributed by atoms with Gasteiger partial charge < -0.3 is 54.3 Å². The lowest BCUT2D eigenvalue weighted by atomic mass is 9.42. The molecule has 1 spiro atoms. The van der Waals surface area contributed by atoms with E-state index in [-0.39, 0.29) is 25.3 Å². The van der Waals surface area contributed by atoms with Crippen molar-refractivity contribution < 1.29 is 73.5 Å². The summed E-state index contributed by atoms with van der Waals surface area (Å²) in [5.74, 6) is -8.53. The normalized spacial score (nSPS) is 50.0. The highest BCUT2D eigenvalue weighted by atomic mass is 16.6. The van der Waals surface area contributed by atoms with Gasteiger partial charge in [-0.15, -0.1) is 0 Å². The monoisotopic (exact) mass is 823 g/mol. The molecule has 16 nitrogen and oxygen atoms in total. The first-order valence-corrected chi connectivity index (χ1v) is 21.2. The Balaban J connectivity index is 1.43. The van der Waals surface area contributed by atoms with E-state index in [1.54, 1.807) is 13.8 Å². The van der Waals surface area contributed by atoms with Crippen LogP contribution in [0.2, 0.25) is 0 Å². The third kappa shape index (κ3) is 5.96. The Morgan fingerprint density at radius 2 is 1.55 bits per heavy atom. The van der Waals surface area contributed by atoms with Gasteiger partial charge in [0.15, 0.2) is 11.7 Å². The Morgan fingerprint density at radius 3 is 2.14 bits per heavy atom. The number of ether oxygens (including phenoxy) is 5. The Kier molecular flexibility index (Phi) is 10.8. The molecule has 20 atom stereocenters. The van der Waals surface area contributed by atoms with Gasteiger partial charge in [-0.25, -0.2) is 4.79 Å². The predicted octanol–water partition coefficient (Wildman–Crippen LogP) is 0.621. The molecule has 0 aromatic heterocycles. The molecule has 328 valence electrons. The van der Waals surface area contributed by atoms with Crippen molar-refractivity contribution in [2.75, 3.05) is 19.7 Å². The minimum Gasteiger partial charge on any atom is -0.458 e. The number of hydrogen-bond acceptors (Lipinski definition) is 16. The number of aliphatic hydroxyl groups excluding tert-OH is 2. The minimum atomic E-state index is -2.34. The molecular weight excluding hydrogens is 758 g/mol. The van der Waals surface area contributed by atoms with Gasteiger partial charge >= 0.3 is 23.9 Å². The van der Waals surface area contributed by atoms with Crippen LogP contribution >= 0.6 is 0 Å². The zero-order valence-corrected chi connectivity index (χ0v) is 35.3. The highest BCUT2D eigenvalue weighted by molar-refractivity contribution is 5.79. The molecule has 0 amide bonds. The fourth-order valence-corrected chi connectivity index (χ4v) is 13.4. The maximum Gasteiger partial charge on any atom is 0.340 e. The third-order valence-corrected chi connectivity index (χ3v) is 16.5. The summed E-state index contributed by atoms with van der Waals surface area (Å²) in [5, 5.41) is 73.1. The number of carbonyl (C=O) groups is 4. The van der Waals surface area contributed by atoms with Crippen molar-refractivity contribution >= 4 is 23.9 Å². The van der Waals surface area contributed by atoms with E-state index in [0.29, 0.717) is 31.8 Å². The first kappa shape index (κ1) is 43.6. The van der Waals surface area contributed by atoms with Gasteiger partial charge in [-0.1, -0.05) is 27.7 Å². The molecule has 7 fully saturated rings. The highest BCUT2D eigenvalue weighted by Crippen LogP contribution is 2.75. The van der Waals surface area contributed by atoms with E-state index in [1.807, 2.05) is 13.8 Å². The van der Waals surface area contributed by atoms with Crippen LogP contribution in [0.25, 0.3) is 0 Å². The molecule has 7 rings (SSSR count). The van der Waals surface area contributed by atoms with E-state index in [4.69, 9.17) is 23.7 Å². The van der Waals surface area contributed by atoms with Crippen LogP contribution in [0.3, 0.4) is 0 Å². The number of esters is 4. The Labute approximate surface area is 339 Å². The Morgan fingerprint density at radius 1 is 0.931 bits per heavy atom. The van der Waals surface area contributed by atoms with Crippen LogP contribution in [-0.4, -0.2) is 150 Å². The van der Waals surface area contributed by atoms with Crippen molar-refractivity contribution in [2.24, 2.45) is 46.8 Å². The second kappa shape index (κ2) is 14.3. The largest absolute Gasteiger partial charge is 0.458 e. The van der Waals surface area contributed by atoms with Crippen LogP contribution in [0, 0.1) is 46.8 Å². The van der Waals surface area contributed by atoms with Gasteiger partial charge in [-0.05, 0) is 77.0 Å². The van der Waals surface area contributed by atoms with Crippen molar-refractivity contribution in [2.45, 2.75) is 172 Å². The van der Waals surface area contributed by atoms with Gasteiger partial charge in [-0.2, -0.15) is 0 Å². The van der Waals surface area contributed by atoms with E-state index in [9.17, 15) is 49.8 Å². The number of nitrogens with zero attached hydrogens (tertiary/aromatic N) is 1. The van der Waals surface area contributed by atoms with E-state index >= 15 is 0 Å². The van der Waals surface area contributed by atoms with Crippen molar-refractivity contribution in [3.8, 4) is 0 Å². The topological polar surface area (TPSA) is 239 Å². The molecule has 4 saturated carbocycles. The zero-order valence-electron chi connectivity index (χ0n) is 35.3. The molecule has 16 heteroatoms. The maximum absolute atomic E-state index is 13.9. The molecule has 6 N–H and O–H groups in total. The van der Waals surface area contributed by atoms with Gasteiger partial charge in [0.2, 0.25) is 0 Å². The van der Waals surface area contributed by atoms with Crippen molar-refractivity contribution in [3.63, 3.8) is 0 Å². The molecule has 3 aliphatic heterocycles. The number of piperidine rings is 2. The van der Waals surface area contributed by atoms with Crippen LogP contribution in [-0.2, 0) is 42.9 Å². The van der Waals surface area contributed by atoms with E-state index in [2.05, 4.69) is 11.8 Å². The lowest BCUT2D eigenvalue weighted by molar-refractivity contribution is -0.387. The smallest absolute Gasteiger partial charge is 0.340 e. The van der Waals surface area contributed by atoms with Gasteiger partial charge in [0.05, 0.1) is 41.9 Å².